The third kappa shape index (κ3) is 1.82. The summed E-state index contributed by atoms with van der Waals surface area (Å²) >= 11 is 0. The van der Waals surface area contributed by atoms with E-state index >= 15 is 0 Å². The van der Waals surface area contributed by atoms with Crippen molar-refractivity contribution < 1.29 is 0 Å². The van der Waals surface area contributed by atoms with Gasteiger partial charge in [0.25, 0.3) is 0 Å². The molecule has 1 saturated heterocycles. The summed E-state index contributed by atoms with van der Waals surface area (Å²) in [6.45, 7) is 11.6. The largest absolute Gasteiger partial charge is 0.314 e. The van der Waals surface area contributed by atoms with E-state index in [-0.39, 0.29) is 0 Å². The molecule has 0 aromatic heterocycles. The summed E-state index contributed by atoms with van der Waals surface area (Å²) in [5.41, 5.74) is 0. The van der Waals surface area contributed by atoms with E-state index in [0.29, 0.717) is 6.04 Å². The Hall–Kier alpha value is -0.340. The molecule has 0 saturated carbocycles. The second-order valence-corrected chi connectivity index (χ2v) is 3.12. The minimum absolute atomic E-state index is 0.520. The van der Waals surface area contributed by atoms with E-state index in [1.54, 1.807) is 0 Å². The summed E-state index contributed by atoms with van der Waals surface area (Å²) in [5.74, 6) is 0. The van der Waals surface area contributed by atoms with Gasteiger partial charge in [-0.2, -0.15) is 0 Å². The molecule has 0 radical (unpaired) electrons. The second-order valence-electron chi connectivity index (χ2n) is 3.12. The molecule has 0 aromatic carbocycles. The van der Waals surface area contributed by atoms with Crippen LogP contribution < -0.4 is 5.32 Å². The van der Waals surface area contributed by atoms with Gasteiger partial charge in [-0.25, -0.2) is 0 Å². The molecule has 0 aromatic rings. The highest BCUT2D eigenvalue weighted by Gasteiger charge is 2.25. The highest BCUT2D eigenvalue weighted by atomic mass is 15.2. The van der Waals surface area contributed by atoms with Gasteiger partial charge >= 0.3 is 0 Å². The van der Waals surface area contributed by atoms with Crippen LogP contribution in [0.2, 0.25) is 0 Å². The molecule has 64 valence electrons. The first-order valence-corrected chi connectivity index (χ1v) is 4.38. The predicted octanol–water partition coefficient (Wildman–Crippen LogP) is 0.855. The van der Waals surface area contributed by atoms with E-state index in [0.717, 1.165) is 25.7 Å². The molecule has 1 rings (SSSR count). The molecule has 1 aliphatic heterocycles. The SMILES string of the molecule is C=CC(C)N(CC)C1CNC1. The van der Waals surface area contributed by atoms with Crippen molar-refractivity contribution in [3.63, 3.8) is 0 Å². The maximum absolute atomic E-state index is 3.81. The molecule has 1 aliphatic rings. The van der Waals surface area contributed by atoms with Crippen LogP contribution in [0.1, 0.15) is 13.8 Å². The number of hydrogen-bond donors (Lipinski definition) is 1. The van der Waals surface area contributed by atoms with Gasteiger partial charge in [0.1, 0.15) is 0 Å². The van der Waals surface area contributed by atoms with Crippen LogP contribution in [-0.4, -0.2) is 36.6 Å². The van der Waals surface area contributed by atoms with Gasteiger partial charge in [-0.3, -0.25) is 4.90 Å². The molecule has 1 fully saturated rings. The Morgan fingerprint density at radius 2 is 2.36 bits per heavy atom. The number of nitrogens with one attached hydrogen (secondary N) is 1. The highest BCUT2D eigenvalue weighted by molar-refractivity contribution is 4.92. The van der Waals surface area contributed by atoms with Crippen LogP contribution in [0, 0.1) is 0 Å². The van der Waals surface area contributed by atoms with Gasteiger partial charge in [-0.05, 0) is 13.5 Å². The Morgan fingerprint density at radius 3 is 2.64 bits per heavy atom. The lowest BCUT2D eigenvalue weighted by molar-refractivity contribution is 0.130. The monoisotopic (exact) mass is 154 g/mol. The fourth-order valence-corrected chi connectivity index (χ4v) is 1.52. The molecule has 0 bridgehead atoms. The quantitative estimate of drug-likeness (QED) is 0.604. The Bertz CT molecular complexity index is 130. The zero-order valence-corrected chi connectivity index (χ0v) is 7.51. The average Bonchev–Trinajstić information content (AvgIpc) is 1.94. The standard InChI is InChI=1S/C9H18N2/c1-4-8(3)11(5-2)9-6-10-7-9/h4,8-10H,1,5-7H2,2-3H3. The summed E-state index contributed by atoms with van der Waals surface area (Å²) in [5, 5.41) is 3.28. The summed E-state index contributed by atoms with van der Waals surface area (Å²) < 4.78 is 0. The molecule has 1 heterocycles. The van der Waals surface area contributed by atoms with Crippen molar-refractivity contribution in [1.29, 1.82) is 0 Å². The smallest absolute Gasteiger partial charge is 0.0351 e. The molecular weight excluding hydrogens is 136 g/mol. The first kappa shape index (κ1) is 8.75. The van der Waals surface area contributed by atoms with Crippen molar-refractivity contribution in [1.82, 2.24) is 10.2 Å². The van der Waals surface area contributed by atoms with Gasteiger partial charge in [0.05, 0.1) is 0 Å². The minimum Gasteiger partial charge on any atom is -0.314 e. The van der Waals surface area contributed by atoms with Crippen LogP contribution in [0.25, 0.3) is 0 Å². The van der Waals surface area contributed by atoms with Crippen LogP contribution in [0.5, 0.6) is 0 Å². The van der Waals surface area contributed by atoms with Crippen molar-refractivity contribution in [3.8, 4) is 0 Å². The lowest BCUT2D eigenvalue weighted by atomic mass is 10.1. The van der Waals surface area contributed by atoms with Crippen molar-refractivity contribution in [2.45, 2.75) is 25.9 Å². The van der Waals surface area contributed by atoms with Crippen LogP contribution in [0.4, 0.5) is 0 Å². The molecule has 11 heavy (non-hydrogen) atoms. The molecule has 2 heteroatoms. The van der Waals surface area contributed by atoms with E-state index in [9.17, 15) is 0 Å². The van der Waals surface area contributed by atoms with Crippen LogP contribution in [0.3, 0.4) is 0 Å². The van der Waals surface area contributed by atoms with Gasteiger partial charge in [-0.15, -0.1) is 6.58 Å². The third-order valence-electron chi connectivity index (χ3n) is 2.46. The highest BCUT2D eigenvalue weighted by Crippen LogP contribution is 2.09. The van der Waals surface area contributed by atoms with Crippen LogP contribution >= 0.6 is 0 Å². The Kier molecular flexibility index (Phi) is 3.09. The summed E-state index contributed by atoms with van der Waals surface area (Å²) in [6, 6.07) is 1.26. The van der Waals surface area contributed by atoms with E-state index in [1.165, 1.54) is 0 Å². The normalized spacial score (nSPS) is 21.4. The minimum atomic E-state index is 0.520. The van der Waals surface area contributed by atoms with Crippen molar-refractivity contribution >= 4 is 0 Å². The summed E-state index contributed by atoms with van der Waals surface area (Å²) in [7, 11) is 0. The first-order chi connectivity index (χ1) is 5.29. The van der Waals surface area contributed by atoms with E-state index in [4.69, 9.17) is 0 Å². The average molecular weight is 154 g/mol. The maximum atomic E-state index is 3.81. The van der Waals surface area contributed by atoms with E-state index in [1.807, 2.05) is 6.08 Å². The Labute approximate surface area is 69.3 Å². The van der Waals surface area contributed by atoms with Gasteiger partial charge in [-0.1, -0.05) is 13.0 Å². The summed E-state index contributed by atoms with van der Waals surface area (Å²) in [4.78, 5) is 2.48. The number of likely N-dealkylation sites (N-methyl/N-ethyl adjacent to an activating group) is 1. The van der Waals surface area contributed by atoms with Crippen molar-refractivity contribution in [2.75, 3.05) is 19.6 Å². The van der Waals surface area contributed by atoms with Gasteiger partial charge in [0.2, 0.25) is 0 Å². The number of rotatable bonds is 4. The zero-order chi connectivity index (χ0) is 8.27. The Balaban J connectivity index is 2.40. The molecule has 1 N–H and O–H groups in total. The Morgan fingerprint density at radius 1 is 1.73 bits per heavy atom. The van der Waals surface area contributed by atoms with Gasteiger partial charge in [0, 0.05) is 25.2 Å². The maximum Gasteiger partial charge on any atom is 0.0351 e. The molecule has 0 aliphatic carbocycles. The lowest BCUT2D eigenvalue weighted by Gasteiger charge is -2.40. The molecule has 0 amide bonds. The lowest BCUT2D eigenvalue weighted by Crippen LogP contribution is -2.59. The van der Waals surface area contributed by atoms with Crippen LogP contribution in [-0.2, 0) is 0 Å². The second kappa shape index (κ2) is 3.88. The zero-order valence-electron chi connectivity index (χ0n) is 7.51. The molecule has 2 nitrogen and oxygen atoms in total. The number of nitrogens with zero attached hydrogens (tertiary/aromatic N) is 1. The van der Waals surface area contributed by atoms with E-state index in [2.05, 4.69) is 30.6 Å². The third-order valence-corrected chi connectivity index (χ3v) is 2.46. The fourth-order valence-electron chi connectivity index (χ4n) is 1.52. The topological polar surface area (TPSA) is 15.3 Å². The molecule has 1 atom stereocenters. The van der Waals surface area contributed by atoms with Gasteiger partial charge in [0.15, 0.2) is 0 Å². The fraction of sp³-hybridized carbons (Fsp3) is 0.778. The van der Waals surface area contributed by atoms with Gasteiger partial charge < -0.3 is 5.32 Å². The van der Waals surface area contributed by atoms with E-state index < -0.39 is 0 Å². The first-order valence-electron chi connectivity index (χ1n) is 4.38. The summed E-state index contributed by atoms with van der Waals surface area (Å²) in [6.07, 6.45) is 2.02. The predicted molar refractivity (Wildman–Crippen MR) is 48.7 cm³/mol. The van der Waals surface area contributed by atoms with Crippen molar-refractivity contribution in [3.05, 3.63) is 12.7 Å². The van der Waals surface area contributed by atoms with Crippen LogP contribution in [0.15, 0.2) is 12.7 Å². The molecule has 0 spiro atoms. The van der Waals surface area contributed by atoms with Crippen molar-refractivity contribution in [2.24, 2.45) is 0 Å². The number of hydrogen-bond acceptors (Lipinski definition) is 2. The molecular formula is C9H18N2. The molecule has 1 unspecified atom stereocenters.